The second kappa shape index (κ2) is 4.01. The minimum absolute atomic E-state index is 0.0310. The highest BCUT2D eigenvalue weighted by Gasteiger charge is 2.40. The van der Waals surface area contributed by atoms with E-state index in [1.165, 1.54) is 0 Å². The van der Waals surface area contributed by atoms with Gasteiger partial charge in [-0.25, -0.2) is 0 Å². The fourth-order valence-corrected chi connectivity index (χ4v) is 2.87. The van der Waals surface area contributed by atoms with Crippen molar-refractivity contribution in [2.75, 3.05) is 18.9 Å². The third-order valence-corrected chi connectivity index (χ3v) is 3.70. The lowest BCUT2D eigenvalue weighted by atomic mass is 9.89. The molecule has 5 nitrogen and oxygen atoms in total. The van der Waals surface area contributed by atoms with Gasteiger partial charge in [-0.15, -0.1) is 0 Å². The van der Waals surface area contributed by atoms with E-state index in [0.29, 0.717) is 12.1 Å². The Labute approximate surface area is 105 Å². The molecule has 2 atom stereocenters. The molecule has 5 heteroatoms. The summed E-state index contributed by atoms with van der Waals surface area (Å²) in [6, 6.07) is 5.31. The van der Waals surface area contributed by atoms with Crippen LogP contribution in [0.5, 0.6) is 0 Å². The Morgan fingerprint density at radius 3 is 3.06 bits per heavy atom. The van der Waals surface area contributed by atoms with Crippen LogP contribution in [0.25, 0.3) is 0 Å². The molecule has 1 aromatic carbocycles. The summed E-state index contributed by atoms with van der Waals surface area (Å²) in [4.78, 5) is 23.8. The van der Waals surface area contributed by atoms with Crippen LogP contribution in [0.2, 0.25) is 0 Å². The standard InChI is InChI=1S/C13H15N3O2/c1-14-13(18)11-7-5-6-15-12(17)8-3-2-4-9(16-11)10(7)8/h2-4,7,11,16H,5-6H2,1H3,(H,14,18)(H,15,17). The van der Waals surface area contributed by atoms with Crippen molar-refractivity contribution in [1.82, 2.24) is 10.6 Å². The van der Waals surface area contributed by atoms with Crippen LogP contribution < -0.4 is 16.0 Å². The first-order valence-electron chi connectivity index (χ1n) is 6.11. The number of carbonyl (C=O) groups is 2. The minimum atomic E-state index is -0.279. The van der Waals surface area contributed by atoms with Gasteiger partial charge in [0.2, 0.25) is 5.91 Å². The van der Waals surface area contributed by atoms with E-state index in [9.17, 15) is 9.59 Å². The molecule has 18 heavy (non-hydrogen) atoms. The van der Waals surface area contributed by atoms with Crippen molar-refractivity contribution < 1.29 is 9.59 Å². The predicted molar refractivity (Wildman–Crippen MR) is 67.6 cm³/mol. The number of carbonyl (C=O) groups excluding carboxylic acids is 2. The molecular weight excluding hydrogens is 230 g/mol. The summed E-state index contributed by atoms with van der Waals surface area (Å²) in [6.45, 7) is 0.604. The second-order valence-electron chi connectivity index (χ2n) is 4.65. The number of hydrogen-bond acceptors (Lipinski definition) is 3. The van der Waals surface area contributed by atoms with Crippen molar-refractivity contribution in [1.29, 1.82) is 0 Å². The van der Waals surface area contributed by atoms with Crippen LogP contribution in [-0.2, 0) is 4.79 Å². The molecular formula is C13H15N3O2. The van der Waals surface area contributed by atoms with Gasteiger partial charge in [-0.1, -0.05) is 6.07 Å². The zero-order valence-electron chi connectivity index (χ0n) is 10.1. The SMILES string of the molecule is CNC(=O)C1Nc2cccc3c2C1CCNC3=O. The summed E-state index contributed by atoms with van der Waals surface area (Å²) in [6.07, 6.45) is 0.779. The Bertz CT molecular complexity index is 527. The predicted octanol–water partition coefficient (Wildman–Crippen LogP) is 0.444. The molecule has 0 aliphatic carbocycles. The van der Waals surface area contributed by atoms with Crippen LogP contribution >= 0.6 is 0 Å². The average Bonchev–Trinajstić information content (AvgIpc) is 2.67. The summed E-state index contributed by atoms with van der Waals surface area (Å²) in [5.41, 5.74) is 2.58. The minimum Gasteiger partial charge on any atom is -0.373 e. The van der Waals surface area contributed by atoms with Crippen LogP contribution in [0.3, 0.4) is 0 Å². The lowest BCUT2D eigenvalue weighted by Crippen LogP contribution is -2.39. The van der Waals surface area contributed by atoms with Gasteiger partial charge in [-0.05, 0) is 24.1 Å². The fourth-order valence-electron chi connectivity index (χ4n) is 2.87. The molecule has 0 radical (unpaired) electrons. The highest BCUT2D eigenvalue weighted by molar-refractivity contribution is 6.00. The van der Waals surface area contributed by atoms with Gasteiger partial charge in [-0.3, -0.25) is 9.59 Å². The first kappa shape index (κ1) is 11.1. The van der Waals surface area contributed by atoms with Gasteiger partial charge in [0.05, 0.1) is 0 Å². The topological polar surface area (TPSA) is 70.2 Å². The molecule has 2 aliphatic rings. The van der Waals surface area contributed by atoms with Gasteiger partial charge in [-0.2, -0.15) is 0 Å². The maximum atomic E-state index is 11.9. The van der Waals surface area contributed by atoms with E-state index in [4.69, 9.17) is 0 Å². The van der Waals surface area contributed by atoms with Crippen molar-refractivity contribution in [2.24, 2.45) is 0 Å². The average molecular weight is 245 g/mol. The normalized spacial score (nSPS) is 24.6. The third-order valence-electron chi connectivity index (χ3n) is 3.70. The number of benzene rings is 1. The Morgan fingerprint density at radius 1 is 1.44 bits per heavy atom. The zero-order valence-corrected chi connectivity index (χ0v) is 10.1. The van der Waals surface area contributed by atoms with E-state index in [0.717, 1.165) is 17.7 Å². The van der Waals surface area contributed by atoms with E-state index in [-0.39, 0.29) is 23.8 Å². The van der Waals surface area contributed by atoms with Crippen LogP contribution in [0.4, 0.5) is 5.69 Å². The molecule has 3 rings (SSSR count). The molecule has 0 bridgehead atoms. The van der Waals surface area contributed by atoms with E-state index in [1.54, 1.807) is 7.05 Å². The summed E-state index contributed by atoms with van der Waals surface area (Å²) in [7, 11) is 1.63. The van der Waals surface area contributed by atoms with E-state index >= 15 is 0 Å². The highest BCUT2D eigenvalue weighted by atomic mass is 16.2. The number of nitrogens with one attached hydrogen (secondary N) is 3. The molecule has 1 aromatic rings. The molecule has 2 heterocycles. The molecule has 3 N–H and O–H groups in total. The van der Waals surface area contributed by atoms with Gasteiger partial charge in [0.15, 0.2) is 0 Å². The Kier molecular flexibility index (Phi) is 2.47. The smallest absolute Gasteiger partial charge is 0.251 e. The van der Waals surface area contributed by atoms with E-state index in [1.807, 2.05) is 18.2 Å². The maximum Gasteiger partial charge on any atom is 0.251 e. The first-order valence-corrected chi connectivity index (χ1v) is 6.11. The van der Waals surface area contributed by atoms with Gasteiger partial charge in [0, 0.05) is 30.8 Å². The molecule has 2 aliphatic heterocycles. The Balaban J connectivity index is 2.10. The summed E-state index contributed by atoms with van der Waals surface area (Å²) in [5.74, 6) is -0.0136. The lowest BCUT2D eigenvalue weighted by Gasteiger charge is -2.17. The third kappa shape index (κ3) is 1.47. The molecule has 0 saturated heterocycles. The molecule has 2 unspecified atom stereocenters. The number of anilines is 1. The van der Waals surface area contributed by atoms with Gasteiger partial charge < -0.3 is 16.0 Å². The van der Waals surface area contributed by atoms with Crippen LogP contribution in [0, 0.1) is 0 Å². The lowest BCUT2D eigenvalue weighted by molar-refractivity contribution is -0.121. The van der Waals surface area contributed by atoms with Crippen molar-refractivity contribution >= 4 is 17.5 Å². The van der Waals surface area contributed by atoms with Crippen molar-refractivity contribution in [3.8, 4) is 0 Å². The first-order chi connectivity index (χ1) is 8.72. The molecule has 0 spiro atoms. The zero-order chi connectivity index (χ0) is 12.7. The van der Waals surface area contributed by atoms with Crippen molar-refractivity contribution in [2.45, 2.75) is 18.4 Å². The maximum absolute atomic E-state index is 11.9. The fraction of sp³-hybridized carbons (Fsp3) is 0.385. The van der Waals surface area contributed by atoms with E-state index < -0.39 is 0 Å². The summed E-state index contributed by atoms with van der Waals surface area (Å²) >= 11 is 0. The summed E-state index contributed by atoms with van der Waals surface area (Å²) in [5, 5.41) is 8.77. The number of hydrogen-bond donors (Lipinski definition) is 3. The monoisotopic (exact) mass is 245 g/mol. The van der Waals surface area contributed by atoms with Crippen molar-refractivity contribution in [3.63, 3.8) is 0 Å². The molecule has 2 amide bonds. The van der Waals surface area contributed by atoms with Crippen LogP contribution in [-0.4, -0.2) is 31.4 Å². The van der Waals surface area contributed by atoms with Gasteiger partial charge in [0.25, 0.3) is 5.91 Å². The largest absolute Gasteiger partial charge is 0.373 e. The van der Waals surface area contributed by atoms with E-state index in [2.05, 4.69) is 16.0 Å². The van der Waals surface area contributed by atoms with Crippen LogP contribution in [0.15, 0.2) is 18.2 Å². The number of likely N-dealkylation sites (N-methyl/N-ethyl adjacent to an activating group) is 1. The molecule has 0 fully saturated rings. The number of rotatable bonds is 1. The Hall–Kier alpha value is -2.04. The van der Waals surface area contributed by atoms with Gasteiger partial charge >= 0.3 is 0 Å². The molecule has 0 saturated carbocycles. The van der Waals surface area contributed by atoms with Crippen LogP contribution in [0.1, 0.15) is 28.3 Å². The Morgan fingerprint density at radius 2 is 2.28 bits per heavy atom. The summed E-state index contributed by atoms with van der Waals surface area (Å²) < 4.78 is 0. The molecule has 94 valence electrons. The van der Waals surface area contributed by atoms with Crippen molar-refractivity contribution in [3.05, 3.63) is 29.3 Å². The molecule has 0 aromatic heterocycles. The number of amides is 2. The highest BCUT2D eigenvalue weighted by Crippen LogP contribution is 2.41. The quantitative estimate of drug-likeness (QED) is 0.672. The van der Waals surface area contributed by atoms with Gasteiger partial charge in [0.1, 0.15) is 6.04 Å². The second-order valence-corrected chi connectivity index (χ2v) is 4.65.